The van der Waals surface area contributed by atoms with Gasteiger partial charge in [-0.1, -0.05) is 6.92 Å². The first-order valence-corrected chi connectivity index (χ1v) is 3.50. The number of nitrogens with two attached hydrogens (primary N) is 1. The average molecular weight is 128 g/mol. The summed E-state index contributed by atoms with van der Waals surface area (Å²) in [5.74, 6) is 0.641. The van der Waals surface area contributed by atoms with E-state index < -0.39 is 0 Å². The predicted molar refractivity (Wildman–Crippen MR) is 39.3 cm³/mol. The molecule has 0 spiro atoms. The third-order valence-electron chi connectivity index (χ3n) is 2.32. The van der Waals surface area contributed by atoms with Gasteiger partial charge in [-0.25, -0.2) is 0 Å². The maximum Gasteiger partial charge on any atom is 0.0292 e. The number of nitrogens with zero attached hydrogens (tertiary/aromatic N) is 1. The van der Waals surface area contributed by atoms with Crippen molar-refractivity contribution in [1.82, 2.24) is 4.90 Å². The first kappa shape index (κ1) is 7.03. The molecule has 0 bridgehead atoms. The molecule has 1 fully saturated rings. The quantitative estimate of drug-likeness (QED) is 0.508. The van der Waals surface area contributed by atoms with E-state index in [2.05, 4.69) is 25.8 Å². The Labute approximate surface area is 57.0 Å². The summed E-state index contributed by atoms with van der Waals surface area (Å²) in [5.41, 5.74) is 6.02. The molecule has 0 aromatic carbocycles. The summed E-state index contributed by atoms with van der Waals surface area (Å²) in [6.45, 7) is 6.52. The van der Waals surface area contributed by atoms with Gasteiger partial charge < -0.3 is 10.6 Å². The molecule has 0 aliphatic carbocycles. The Morgan fingerprint density at radius 3 is 2.33 bits per heavy atom. The minimum atomic E-state index is 0.0503. The normalized spacial score (nSPS) is 46.0. The molecule has 2 nitrogen and oxygen atoms in total. The predicted octanol–water partition coefficient (Wildman–Crippen LogP) is 0.285. The summed E-state index contributed by atoms with van der Waals surface area (Å²) >= 11 is 0. The molecular formula is C7H16N2. The third-order valence-corrected chi connectivity index (χ3v) is 2.32. The number of hydrogen-bond donors (Lipinski definition) is 1. The van der Waals surface area contributed by atoms with Gasteiger partial charge in [-0.2, -0.15) is 0 Å². The van der Waals surface area contributed by atoms with Gasteiger partial charge in [0.05, 0.1) is 0 Å². The van der Waals surface area contributed by atoms with Gasteiger partial charge in [-0.05, 0) is 19.9 Å². The topological polar surface area (TPSA) is 29.3 Å². The summed E-state index contributed by atoms with van der Waals surface area (Å²) in [5, 5.41) is 0. The molecule has 0 unspecified atom stereocenters. The van der Waals surface area contributed by atoms with Crippen molar-refractivity contribution >= 4 is 0 Å². The lowest BCUT2D eigenvalue weighted by molar-refractivity contribution is 0.378. The summed E-state index contributed by atoms with van der Waals surface area (Å²) in [6.07, 6.45) is 0. The van der Waals surface area contributed by atoms with Gasteiger partial charge >= 0.3 is 0 Å². The second kappa shape index (κ2) is 1.96. The lowest BCUT2D eigenvalue weighted by Crippen LogP contribution is -2.43. The Kier molecular flexibility index (Phi) is 1.53. The van der Waals surface area contributed by atoms with Gasteiger partial charge in [-0.3, -0.25) is 0 Å². The Hall–Kier alpha value is -0.0800. The minimum absolute atomic E-state index is 0.0503. The van der Waals surface area contributed by atoms with Gasteiger partial charge in [0.1, 0.15) is 0 Å². The maximum absolute atomic E-state index is 5.97. The highest BCUT2D eigenvalue weighted by molar-refractivity contribution is 4.94. The van der Waals surface area contributed by atoms with E-state index in [1.54, 1.807) is 0 Å². The smallest absolute Gasteiger partial charge is 0.0292 e. The van der Waals surface area contributed by atoms with Crippen LogP contribution in [0.15, 0.2) is 0 Å². The molecule has 9 heavy (non-hydrogen) atoms. The fourth-order valence-corrected chi connectivity index (χ4v) is 1.48. The summed E-state index contributed by atoms with van der Waals surface area (Å²) < 4.78 is 0. The van der Waals surface area contributed by atoms with E-state index in [9.17, 15) is 0 Å². The van der Waals surface area contributed by atoms with Crippen LogP contribution >= 0.6 is 0 Å². The van der Waals surface area contributed by atoms with Crippen molar-refractivity contribution < 1.29 is 0 Å². The van der Waals surface area contributed by atoms with Gasteiger partial charge in [0.15, 0.2) is 0 Å². The minimum Gasteiger partial charge on any atom is -0.324 e. The highest BCUT2D eigenvalue weighted by atomic mass is 15.2. The maximum atomic E-state index is 5.97. The van der Waals surface area contributed by atoms with Crippen molar-refractivity contribution in [1.29, 1.82) is 0 Å². The van der Waals surface area contributed by atoms with E-state index in [0.717, 1.165) is 13.1 Å². The zero-order valence-corrected chi connectivity index (χ0v) is 6.52. The van der Waals surface area contributed by atoms with Gasteiger partial charge in [0.25, 0.3) is 0 Å². The van der Waals surface area contributed by atoms with Crippen LogP contribution in [0.5, 0.6) is 0 Å². The van der Waals surface area contributed by atoms with Crippen LogP contribution in [0.2, 0.25) is 0 Å². The number of rotatable bonds is 0. The molecule has 0 radical (unpaired) electrons. The molecule has 1 rings (SSSR count). The Morgan fingerprint density at radius 2 is 2.22 bits per heavy atom. The number of hydrogen-bond acceptors (Lipinski definition) is 2. The van der Waals surface area contributed by atoms with E-state index >= 15 is 0 Å². The highest BCUT2D eigenvalue weighted by Crippen LogP contribution is 2.22. The summed E-state index contributed by atoms with van der Waals surface area (Å²) in [7, 11) is 2.12. The molecule has 2 heteroatoms. The molecule has 1 heterocycles. The fourth-order valence-electron chi connectivity index (χ4n) is 1.48. The van der Waals surface area contributed by atoms with Gasteiger partial charge in [0.2, 0.25) is 0 Å². The first-order valence-electron chi connectivity index (χ1n) is 3.50. The molecule has 1 aliphatic heterocycles. The van der Waals surface area contributed by atoms with Crippen LogP contribution in [-0.2, 0) is 0 Å². The van der Waals surface area contributed by atoms with Gasteiger partial charge in [0, 0.05) is 18.6 Å². The molecule has 1 aliphatic rings. The van der Waals surface area contributed by atoms with Crippen LogP contribution in [0.1, 0.15) is 13.8 Å². The molecule has 0 saturated carbocycles. The monoisotopic (exact) mass is 128 g/mol. The second-order valence-electron chi connectivity index (χ2n) is 3.60. The molecule has 0 amide bonds. The van der Waals surface area contributed by atoms with Crippen molar-refractivity contribution in [2.75, 3.05) is 20.1 Å². The van der Waals surface area contributed by atoms with E-state index in [-0.39, 0.29) is 5.54 Å². The average Bonchev–Trinajstić information content (AvgIpc) is 1.79. The van der Waals surface area contributed by atoms with Crippen molar-refractivity contribution in [3.05, 3.63) is 0 Å². The van der Waals surface area contributed by atoms with Crippen LogP contribution in [-0.4, -0.2) is 30.6 Å². The van der Waals surface area contributed by atoms with Crippen molar-refractivity contribution in [3.63, 3.8) is 0 Å². The van der Waals surface area contributed by atoms with E-state index in [0.29, 0.717) is 5.92 Å². The standard InChI is InChI=1S/C7H16N2/c1-6-4-9(3)5-7(6,2)8/h6H,4-5,8H2,1-3H3/t6-,7-/m0/s1. The third kappa shape index (κ3) is 1.25. The van der Waals surface area contributed by atoms with Gasteiger partial charge in [-0.15, -0.1) is 0 Å². The second-order valence-corrected chi connectivity index (χ2v) is 3.60. The molecule has 1 saturated heterocycles. The fraction of sp³-hybridized carbons (Fsp3) is 1.00. The lowest BCUT2D eigenvalue weighted by Gasteiger charge is -2.21. The van der Waals surface area contributed by atoms with E-state index in [1.807, 2.05) is 0 Å². The largest absolute Gasteiger partial charge is 0.324 e. The van der Waals surface area contributed by atoms with Crippen molar-refractivity contribution in [2.24, 2.45) is 11.7 Å². The highest BCUT2D eigenvalue weighted by Gasteiger charge is 2.34. The van der Waals surface area contributed by atoms with Crippen LogP contribution < -0.4 is 5.73 Å². The zero-order chi connectivity index (χ0) is 7.07. The number of likely N-dealkylation sites (N-methyl/N-ethyl adjacent to an activating group) is 1. The van der Waals surface area contributed by atoms with Crippen molar-refractivity contribution in [2.45, 2.75) is 19.4 Å². The van der Waals surface area contributed by atoms with E-state index in [4.69, 9.17) is 5.73 Å². The van der Waals surface area contributed by atoms with E-state index in [1.165, 1.54) is 0 Å². The summed E-state index contributed by atoms with van der Waals surface area (Å²) in [4.78, 5) is 2.28. The summed E-state index contributed by atoms with van der Waals surface area (Å²) in [6, 6.07) is 0. The zero-order valence-electron chi connectivity index (χ0n) is 6.52. The lowest BCUT2D eigenvalue weighted by atomic mass is 9.92. The Bertz CT molecular complexity index is 109. The van der Waals surface area contributed by atoms with Crippen LogP contribution in [0.25, 0.3) is 0 Å². The molecule has 0 aromatic rings. The Balaban J connectivity index is 2.58. The molecule has 2 atom stereocenters. The van der Waals surface area contributed by atoms with Crippen molar-refractivity contribution in [3.8, 4) is 0 Å². The van der Waals surface area contributed by atoms with Crippen LogP contribution in [0.4, 0.5) is 0 Å². The molecule has 0 aromatic heterocycles. The SMILES string of the molecule is C[C@H]1CN(C)C[C@]1(C)N. The van der Waals surface area contributed by atoms with Crippen LogP contribution in [0, 0.1) is 5.92 Å². The molecular weight excluding hydrogens is 112 g/mol. The number of likely N-dealkylation sites (tertiary alicyclic amines) is 1. The molecule has 2 N–H and O–H groups in total. The van der Waals surface area contributed by atoms with Crippen LogP contribution in [0.3, 0.4) is 0 Å². The molecule has 54 valence electrons. The first-order chi connectivity index (χ1) is 4.02. The Morgan fingerprint density at radius 1 is 1.67 bits per heavy atom.